The summed E-state index contributed by atoms with van der Waals surface area (Å²) in [6.07, 6.45) is 1.72. The molecule has 4 N–H and O–H groups in total. The molecule has 2 amide bonds. The lowest BCUT2D eigenvalue weighted by molar-refractivity contribution is -0.00138. The molecule has 11 heteroatoms. The lowest BCUT2D eigenvalue weighted by Gasteiger charge is -2.31. The van der Waals surface area contributed by atoms with E-state index in [1.807, 2.05) is 43.3 Å². The standard InChI is InChI=1S/C23H25N9O2/c1-14-13-31(10-11-34-14)23(33)29-17-7-5-16(6-8-17)28-22-21(18-12-19(24)27-15(2)26-18)32-20(30-22)4-3-9-25-32/h3-9,12,14,28H,10-11,13H2,1-2H3,(H,29,33)(H2,24,26,27)/t14-/m1/s1. The maximum Gasteiger partial charge on any atom is 0.322 e. The Morgan fingerprint density at radius 1 is 1.15 bits per heavy atom. The number of fused-ring (bicyclic) bond motifs is 1. The summed E-state index contributed by atoms with van der Waals surface area (Å²) in [6, 6.07) is 12.7. The number of urea groups is 1. The van der Waals surface area contributed by atoms with Crippen LogP contribution in [0, 0.1) is 6.92 Å². The number of anilines is 4. The van der Waals surface area contributed by atoms with Crippen molar-refractivity contribution in [2.75, 3.05) is 36.1 Å². The van der Waals surface area contributed by atoms with Gasteiger partial charge in [-0.05, 0) is 50.2 Å². The number of hydrogen-bond acceptors (Lipinski definition) is 8. The zero-order valence-corrected chi connectivity index (χ0v) is 18.9. The normalized spacial score (nSPS) is 15.9. The summed E-state index contributed by atoms with van der Waals surface area (Å²) in [7, 11) is 0. The van der Waals surface area contributed by atoms with Crippen LogP contribution in [-0.2, 0) is 4.74 Å². The molecule has 4 heterocycles. The first kappa shape index (κ1) is 21.6. The fourth-order valence-electron chi connectivity index (χ4n) is 3.90. The summed E-state index contributed by atoms with van der Waals surface area (Å²) in [5.41, 5.74) is 9.41. The first-order valence-corrected chi connectivity index (χ1v) is 11.0. The van der Waals surface area contributed by atoms with Gasteiger partial charge in [-0.15, -0.1) is 0 Å². The zero-order valence-electron chi connectivity index (χ0n) is 18.9. The van der Waals surface area contributed by atoms with Gasteiger partial charge >= 0.3 is 6.03 Å². The molecule has 1 aliphatic rings. The van der Waals surface area contributed by atoms with E-state index >= 15 is 0 Å². The summed E-state index contributed by atoms with van der Waals surface area (Å²) in [5, 5.41) is 10.7. The minimum Gasteiger partial charge on any atom is -0.384 e. The van der Waals surface area contributed by atoms with Gasteiger partial charge in [0.1, 0.15) is 17.3 Å². The minimum atomic E-state index is -0.138. The highest BCUT2D eigenvalue weighted by atomic mass is 16.5. The molecule has 3 aromatic heterocycles. The Morgan fingerprint density at radius 2 is 1.94 bits per heavy atom. The first-order chi connectivity index (χ1) is 16.5. The monoisotopic (exact) mass is 459 g/mol. The number of nitrogens with zero attached hydrogens (tertiary/aromatic N) is 6. The molecular formula is C23H25N9O2. The number of rotatable bonds is 4. The number of morpholine rings is 1. The van der Waals surface area contributed by atoms with Gasteiger partial charge in [-0.1, -0.05) is 0 Å². The Bertz CT molecular complexity index is 1320. The summed E-state index contributed by atoms with van der Waals surface area (Å²) in [5.74, 6) is 1.51. The Morgan fingerprint density at radius 3 is 2.71 bits per heavy atom. The van der Waals surface area contributed by atoms with Crippen molar-refractivity contribution < 1.29 is 9.53 Å². The minimum absolute atomic E-state index is 0.0363. The number of nitrogen functional groups attached to an aromatic ring is 1. The van der Waals surface area contributed by atoms with Gasteiger partial charge in [0.15, 0.2) is 11.5 Å². The van der Waals surface area contributed by atoms with Gasteiger partial charge < -0.3 is 26.0 Å². The van der Waals surface area contributed by atoms with Crippen LogP contribution in [0.2, 0.25) is 0 Å². The summed E-state index contributed by atoms with van der Waals surface area (Å²) in [6.45, 7) is 5.44. The van der Waals surface area contributed by atoms with Gasteiger partial charge in [-0.3, -0.25) is 0 Å². The molecule has 11 nitrogen and oxygen atoms in total. The molecule has 1 saturated heterocycles. The SMILES string of the molecule is Cc1nc(N)cc(-c2c(Nc3ccc(NC(=O)N4CCO[C@H](C)C4)cc3)nc3cccnn23)n1. The fourth-order valence-corrected chi connectivity index (χ4v) is 3.90. The van der Waals surface area contributed by atoms with Crippen molar-refractivity contribution in [1.29, 1.82) is 0 Å². The van der Waals surface area contributed by atoms with Crippen LogP contribution in [-0.4, -0.2) is 61.3 Å². The van der Waals surface area contributed by atoms with Crippen molar-refractivity contribution >= 4 is 34.7 Å². The van der Waals surface area contributed by atoms with E-state index in [1.54, 1.807) is 28.6 Å². The summed E-state index contributed by atoms with van der Waals surface area (Å²) >= 11 is 0. The Kier molecular flexibility index (Phi) is 5.68. The number of aromatic nitrogens is 5. The van der Waals surface area contributed by atoms with Crippen LogP contribution in [0.4, 0.5) is 27.8 Å². The Balaban J connectivity index is 1.39. The number of imidazole rings is 1. The predicted molar refractivity (Wildman–Crippen MR) is 129 cm³/mol. The number of carbonyl (C=O) groups is 1. The molecule has 1 aromatic carbocycles. The van der Waals surface area contributed by atoms with E-state index < -0.39 is 0 Å². The van der Waals surface area contributed by atoms with Gasteiger partial charge in [0.05, 0.1) is 18.4 Å². The van der Waals surface area contributed by atoms with E-state index in [9.17, 15) is 4.79 Å². The van der Waals surface area contributed by atoms with Crippen molar-refractivity contribution in [2.24, 2.45) is 0 Å². The molecule has 1 aliphatic heterocycles. The van der Waals surface area contributed by atoms with Crippen LogP contribution in [0.5, 0.6) is 0 Å². The van der Waals surface area contributed by atoms with E-state index in [0.29, 0.717) is 59.9 Å². The topological polar surface area (TPSA) is 136 Å². The molecule has 0 saturated carbocycles. The molecule has 0 bridgehead atoms. The van der Waals surface area contributed by atoms with Crippen LogP contribution >= 0.6 is 0 Å². The van der Waals surface area contributed by atoms with Crippen molar-refractivity contribution in [2.45, 2.75) is 20.0 Å². The molecule has 4 aromatic rings. The number of benzene rings is 1. The molecule has 34 heavy (non-hydrogen) atoms. The Hall–Kier alpha value is -4.25. The van der Waals surface area contributed by atoms with Gasteiger partial charge in [-0.25, -0.2) is 24.3 Å². The van der Waals surface area contributed by atoms with Gasteiger partial charge in [0.25, 0.3) is 0 Å². The molecule has 0 radical (unpaired) electrons. The fraction of sp³-hybridized carbons (Fsp3) is 0.261. The van der Waals surface area contributed by atoms with E-state index in [-0.39, 0.29) is 12.1 Å². The molecule has 174 valence electrons. The van der Waals surface area contributed by atoms with Gasteiger partial charge in [-0.2, -0.15) is 5.10 Å². The van der Waals surface area contributed by atoms with Crippen LogP contribution in [0.25, 0.3) is 17.0 Å². The van der Waals surface area contributed by atoms with E-state index in [4.69, 9.17) is 10.5 Å². The third kappa shape index (κ3) is 4.46. The highest BCUT2D eigenvalue weighted by Gasteiger charge is 2.21. The zero-order chi connectivity index (χ0) is 23.7. The highest BCUT2D eigenvalue weighted by Crippen LogP contribution is 2.30. The molecule has 1 fully saturated rings. The Labute approximate surface area is 196 Å². The van der Waals surface area contributed by atoms with E-state index in [0.717, 1.165) is 5.69 Å². The lowest BCUT2D eigenvalue weighted by atomic mass is 10.2. The molecular weight excluding hydrogens is 434 g/mol. The largest absolute Gasteiger partial charge is 0.384 e. The second kappa shape index (κ2) is 8.94. The van der Waals surface area contributed by atoms with Crippen LogP contribution in [0.3, 0.4) is 0 Å². The number of amides is 2. The maximum atomic E-state index is 12.5. The second-order valence-corrected chi connectivity index (χ2v) is 8.09. The molecule has 5 rings (SSSR count). The number of nitrogens with one attached hydrogen (secondary N) is 2. The van der Waals surface area contributed by atoms with Gasteiger partial charge in [0, 0.05) is 36.7 Å². The average Bonchev–Trinajstić information content (AvgIpc) is 3.17. The first-order valence-electron chi connectivity index (χ1n) is 11.0. The second-order valence-electron chi connectivity index (χ2n) is 8.09. The van der Waals surface area contributed by atoms with Crippen LogP contribution < -0.4 is 16.4 Å². The maximum absolute atomic E-state index is 12.5. The van der Waals surface area contributed by atoms with E-state index in [1.165, 1.54) is 0 Å². The van der Waals surface area contributed by atoms with E-state index in [2.05, 4.69) is 30.7 Å². The van der Waals surface area contributed by atoms with Crippen molar-refractivity contribution in [3.8, 4) is 11.4 Å². The van der Waals surface area contributed by atoms with Crippen molar-refractivity contribution in [3.05, 3.63) is 54.5 Å². The van der Waals surface area contributed by atoms with Gasteiger partial charge in [0.2, 0.25) is 0 Å². The lowest BCUT2D eigenvalue weighted by Crippen LogP contribution is -2.46. The third-order valence-corrected chi connectivity index (χ3v) is 5.42. The quantitative estimate of drug-likeness (QED) is 0.424. The van der Waals surface area contributed by atoms with Crippen molar-refractivity contribution in [1.82, 2.24) is 29.5 Å². The molecule has 0 unspecified atom stereocenters. The smallest absolute Gasteiger partial charge is 0.322 e. The van der Waals surface area contributed by atoms with Crippen LogP contribution in [0.1, 0.15) is 12.7 Å². The summed E-state index contributed by atoms with van der Waals surface area (Å²) < 4.78 is 7.21. The molecule has 0 aliphatic carbocycles. The van der Waals surface area contributed by atoms with Crippen molar-refractivity contribution in [3.63, 3.8) is 0 Å². The molecule has 0 spiro atoms. The third-order valence-electron chi connectivity index (χ3n) is 5.42. The molecule has 1 atom stereocenters. The predicted octanol–water partition coefficient (Wildman–Crippen LogP) is 3.07. The summed E-state index contributed by atoms with van der Waals surface area (Å²) in [4.78, 5) is 27.7. The number of aryl methyl sites for hydroxylation is 1. The number of nitrogens with two attached hydrogens (primary N) is 1. The number of hydrogen-bond donors (Lipinski definition) is 3. The van der Waals surface area contributed by atoms with Crippen LogP contribution in [0.15, 0.2) is 48.7 Å². The number of carbonyl (C=O) groups excluding carboxylic acids is 1. The highest BCUT2D eigenvalue weighted by molar-refractivity contribution is 5.89. The number of ether oxygens (including phenoxy) is 1. The average molecular weight is 460 g/mol.